The molecule has 0 spiro atoms. The minimum atomic E-state index is -0.184. The first kappa shape index (κ1) is 15.3. The maximum atomic E-state index is 12.7. The van der Waals surface area contributed by atoms with Crippen molar-refractivity contribution in [3.63, 3.8) is 0 Å². The first-order chi connectivity index (χ1) is 9.30. The maximum Gasteiger partial charge on any atom is 0.267 e. The van der Waals surface area contributed by atoms with Crippen LogP contribution in [-0.2, 0) is 5.41 Å². The molecule has 2 N–H and O–H groups in total. The fourth-order valence-electron chi connectivity index (χ4n) is 2.02. The summed E-state index contributed by atoms with van der Waals surface area (Å²) in [5, 5.41) is 4.14. The van der Waals surface area contributed by atoms with E-state index in [9.17, 15) is 4.79 Å². The predicted molar refractivity (Wildman–Crippen MR) is 84.1 cm³/mol. The van der Waals surface area contributed by atoms with Crippen molar-refractivity contribution in [1.82, 2.24) is 14.5 Å². The number of aromatic nitrogens is 2. The number of amides is 1. The molecule has 1 heterocycles. The summed E-state index contributed by atoms with van der Waals surface area (Å²) in [6.07, 6.45) is 2.68. The van der Waals surface area contributed by atoms with Gasteiger partial charge in [0.2, 0.25) is 0 Å². The third-order valence-corrected chi connectivity index (χ3v) is 4.16. The molecule has 1 amide bonds. The number of hydrogen-bond donors (Lipinski definition) is 1. The molecule has 0 aliphatic heterocycles. The van der Waals surface area contributed by atoms with Crippen LogP contribution in [0.3, 0.4) is 0 Å². The fourth-order valence-corrected chi connectivity index (χ4v) is 2.94. The van der Waals surface area contributed by atoms with Crippen LogP contribution < -0.4 is 5.73 Å². The molecule has 1 aliphatic rings. The first-order valence-corrected chi connectivity index (χ1v) is 7.91. The smallest absolute Gasteiger partial charge is 0.267 e. The van der Waals surface area contributed by atoms with E-state index >= 15 is 0 Å². The molecule has 1 aromatic rings. The first-order valence-electron chi connectivity index (χ1n) is 6.73. The average Bonchev–Trinajstić information content (AvgIpc) is 3.03. The van der Waals surface area contributed by atoms with Crippen LogP contribution in [0, 0.1) is 0 Å². The van der Waals surface area contributed by atoms with Crippen molar-refractivity contribution in [2.24, 2.45) is 5.73 Å². The van der Waals surface area contributed by atoms with Crippen LogP contribution in [0.5, 0.6) is 0 Å². The van der Waals surface area contributed by atoms with Gasteiger partial charge in [0.1, 0.15) is 4.88 Å². The summed E-state index contributed by atoms with van der Waals surface area (Å²) in [5.74, 6) is 0.0173. The monoisotopic (exact) mass is 312 g/mol. The fraction of sp³-hybridized carbons (Fsp3) is 0.692. The molecule has 5 nitrogen and oxygen atoms in total. The van der Waals surface area contributed by atoms with E-state index < -0.39 is 0 Å². The summed E-state index contributed by atoms with van der Waals surface area (Å²) in [6, 6.07) is 0.326. The molecule has 1 saturated carbocycles. The molecule has 20 heavy (non-hydrogen) atoms. The Morgan fingerprint density at radius 2 is 2.15 bits per heavy atom. The minimum absolute atomic E-state index is 0.0173. The molecule has 110 valence electrons. The highest BCUT2D eigenvalue weighted by atomic mass is 32.1. The van der Waals surface area contributed by atoms with Crippen molar-refractivity contribution < 1.29 is 4.79 Å². The molecule has 0 radical (unpaired) electrons. The largest absolute Gasteiger partial charge is 0.393 e. The molecular weight excluding hydrogens is 292 g/mol. The van der Waals surface area contributed by atoms with Gasteiger partial charge in [0.15, 0.2) is 0 Å². The van der Waals surface area contributed by atoms with Gasteiger partial charge in [-0.25, -0.2) is 0 Å². The zero-order chi connectivity index (χ0) is 14.9. The minimum Gasteiger partial charge on any atom is -0.393 e. The van der Waals surface area contributed by atoms with Crippen LogP contribution in [0.1, 0.15) is 55.4 Å². The summed E-state index contributed by atoms with van der Waals surface area (Å²) < 4.78 is 3.96. The lowest BCUT2D eigenvalue weighted by atomic mass is 9.91. The Balaban J connectivity index is 2.20. The number of rotatable bonds is 5. The Labute approximate surface area is 128 Å². The lowest BCUT2D eigenvalue weighted by Crippen LogP contribution is -2.36. The van der Waals surface area contributed by atoms with E-state index in [0.717, 1.165) is 18.5 Å². The quantitative estimate of drug-likeness (QED) is 0.843. The number of nitrogens with two attached hydrogens (primary N) is 1. The summed E-state index contributed by atoms with van der Waals surface area (Å²) in [7, 11) is 0. The van der Waals surface area contributed by atoms with Gasteiger partial charge in [-0.2, -0.15) is 0 Å². The molecule has 1 aromatic heterocycles. The van der Waals surface area contributed by atoms with E-state index in [2.05, 4.69) is 9.59 Å². The highest BCUT2D eigenvalue weighted by Gasteiger charge is 2.36. The second kappa shape index (κ2) is 5.73. The summed E-state index contributed by atoms with van der Waals surface area (Å²) in [5.41, 5.74) is 6.14. The van der Waals surface area contributed by atoms with Crippen molar-refractivity contribution in [3.05, 3.63) is 10.6 Å². The van der Waals surface area contributed by atoms with E-state index in [1.165, 1.54) is 11.5 Å². The lowest BCUT2D eigenvalue weighted by Gasteiger charge is -2.23. The summed E-state index contributed by atoms with van der Waals surface area (Å²) in [6.45, 7) is 6.70. The van der Waals surface area contributed by atoms with Crippen molar-refractivity contribution in [2.45, 2.75) is 51.5 Å². The SMILES string of the molecule is CC(C)(C)c1nnsc1C(=O)N(CCC(N)=S)C1CC1. The summed E-state index contributed by atoms with van der Waals surface area (Å²) in [4.78, 5) is 15.7. The van der Waals surface area contributed by atoms with Gasteiger partial charge < -0.3 is 10.6 Å². The molecule has 1 fully saturated rings. The van der Waals surface area contributed by atoms with Gasteiger partial charge in [0.05, 0.1) is 10.7 Å². The molecule has 0 unspecified atom stereocenters. The van der Waals surface area contributed by atoms with Crippen LogP contribution in [0.4, 0.5) is 0 Å². The Morgan fingerprint density at radius 3 is 2.65 bits per heavy atom. The molecule has 7 heteroatoms. The highest BCUT2D eigenvalue weighted by molar-refractivity contribution is 7.80. The van der Waals surface area contributed by atoms with E-state index in [1.807, 2.05) is 25.7 Å². The zero-order valence-electron chi connectivity index (χ0n) is 12.0. The number of carbonyl (C=O) groups is 1. The highest BCUT2D eigenvalue weighted by Crippen LogP contribution is 2.32. The van der Waals surface area contributed by atoms with E-state index in [4.69, 9.17) is 18.0 Å². The third-order valence-electron chi connectivity index (χ3n) is 3.24. The van der Waals surface area contributed by atoms with Gasteiger partial charge in [0.25, 0.3) is 5.91 Å². The maximum absolute atomic E-state index is 12.7. The molecule has 0 bridgehead atoms. The van der Waals surface area contributed by atoms with Crippen LogP contribution in [0.2, 0.25) is 0 Å². The Kier molecular flexibility index (Phi) is 4.39. The van der Waals surface area contributed by atoms with Crippen LogP contribution in [0.25, 0.3) is 0 Å². The van der Waals surface area contributed by atoms with Crippen LogP contribution >= 0.6 is 23.8 Å². The lowest BCUT2D eigenvalue weighted by molar-refractivity contribution is 0.0750. The van der Waals surface area contributed by atoms with Gasteiger partial charge in [-0.3, -0.25) is 4.79 Å². The van der Waals surface area contributed by atoms with E-state index in [1.54, 1.807) is 0 Å². The second-order valence-corrected chi connectivity index (χ2v) is 7.43. The van der Waals surface area contributed by atoms with Gasteiger partial charge in [-0.1, -0.05) is 37.5 Å². The van der Waals surface area contributed by atoms with Crippen molar-refractivity contribution in [1.29, 1.82) is 0 Å². The Morgan fingerprint density at radius 1 is 1.50 bits per heavy atom. The number of thiocarbonyl (C=S) groups is 1. The number of nitrogens with zero attached hydrogens (tertiary/aromatic N) is 3. The van der Waals surface area contributed by atoms with E-state index in [0.29, 0.717) is 28.9 Å². The number of hydrogen-bond acceptors (Lipinski definition) is 5. The van der Waals surface area contributed by atoms with Gasteiger partial charge in [0, 0.05) is 24.4 Å². The topological polar surface area (TPSA) is 72.1 Å². The van der Waals surface area contributed by atoms with Crippen LogP contribution in [-0.4, -0.2) is 38.0 Å². The Hall–Kier alpha value is -1.08. The molecule has 0 saturated heterocycles. The van der Waals surface area contributed by atoms with Gasteiger partial charge in [-0.05, 0) is 24.4 Å². The van der Waals surface area contributed by atoms with Crippen molar-refractivity contribution in [3.8, 4) is 0 Å². The van der Waals surface area contributed by atoms with E-state index in [-0.39, 0.29) is 11.3 Å². The van der Waals surface area contributed by atoms with Gasteiger partial charge >= 0.3 is 0 Å². The summed E-state index contributed by atoms with van der Waals surface area (Å²) >= 11 is 6.09. The average molecular weight is 312 g/mol. The molecular formula is C13H20N4OS2. The molecule has 0 atom stereocenters. The standard InChI is InChI=1S/C13H20N4OS2/c1-13(2,3)11-10(20-16-15-11)12(18)17(8-4-5-8)7-6-9(14)19/h8H,4-7H2,1-3H3,(H2,14,19). The molecule has 2 rings (SSSR count). The van der Waals surface area contributed by atoms with Crippen LogP contribution in [0.15, 0.2) is 0 Å². The second-order valence-electron chi connectivity index (χ2n) is 6.15. The number of carbonyl (C=O) groups excluding carboxylic acids is 1. The van der Waals surface area contributed by atoms with Crippen molar-refractivity contribution in [2.75, 3.05) is 6.54 Å². The van der Waals surface area contributed by atoms with Gasteiger partial charge in [-0.15, -0.1) is 5.10 Å². The molecule has 1 aliphatic carbocycles. The Bertz CT molecular complexity index is 517. The predicted octanol–water partition coefficient (Wildman–Crippen LogP) is 2.12. The third kappa shape index (κ3) is 3.52. The molecule has 0 aromatic carbocycles. The normalized spacial score (nSPS) is 15.2. The zero-order valence-corrected chi connectivity index (χ0v) is 13.7. The van der Waals surface area contributed by atoms with Crippen molar-refractivity contribution >= 4 is 34.6 Å².